The van der Waals surface area contributed by atoms with Crippen molar-refractivity contribution < 1.29 is 27.1 Å². The molecule has 0 saturated heterocycles. The van der Waals surface area contributed by atoms with Gasteiger partial charge in [0, 0.05) is 18.7 Å². The molecular weight excluding hydrogens is 364 g/mol. The fraction of sp³-hybridized carbons (Fsp3) is 0.316. The van der Waals surface area contributed by atoms with Crippen LogP contribution >= 0.6 is 0 Å². The summed E-state index contributed by atoms with van der Waals surface area (Å²) in [5.74, 6) is -0.972. The summed E-state index contributed by atoms with van der Waals surface area (Å²) < 4.78 is 54.9. The molecule has 146 valence electrons. The van der Waals surface area contributed by atoms with Gasteiger partial charge in [0.05, 0.1) is 6.54 Å². The summed E-state index contributed by atoms with van der Waals surface area (Å²) in [5, 5.41) is 2.66. The third-order valence-corrected chi connectivity index (χ3v) is 3.78. The SMILES string of the molecule is Cc1ccc(CNC(=O)CN(C)Cc2ccccc2OC(F)(F)F)cc1F. The van der Waals surface area contributed by atoms with Gasteiger partial charge in [-0.25, -0.2) is 4.39 Å². The first-order valence-corrected chi connectivity index (χ1v) is 8.18. The Morgan fingerprint density at radius 1 is 1.19 bits per heavy atom. The number of hydrogen-bond donors (Lipinski definition) is 1. The highest BCUT2D eigenvalue weighted by molar-refractivity contribution is 5.78. The standard InChI is InChI=1S/C19H20F4N2O2/c1-13-7-8-14(9-16(13)20)10-24-18(26)12-25(2)11-15-5-3-4-6-17(15)27-19(21,22)23/h3-9H,10-12H2,1-2H3,(H,24,26). The summed E-state index contributed by atoms with van der Waals surface area (Å²) in [7, 11) is 1.61. The van der Waals surface area contributed by atoms with Gasteiger partial charge in [0.25, 0.3) is 0 Å². The Bertz CT molecular complexity index is 794. The van der Waals surface area contributed by atoms with Crippen molar-refractivity contribution in [3.8, 4) is 5.75 Å². The smallest absolute Gasteiger partial charge is 0.405 e. The summed E-state index contributed by atoms with van der Waals surface area (Å²) in [6, 6.07) is 10.5. The highest BCUT2D eigenvalue weighted by Gasteiger charge is 2.32. The zero-order valence-electron chi connectivity index (χ0n) is 14.9. The molecule has 2 aromatic rings. The summed E-state index contributed by atoms with van der Waals surface area (Å²) in [5.41, 5.74) is 1.45. The second kappa shape index (κ2) is 8.85. The lowest BCUT2D eigenvalue weighted by Crippen LogP contribution is -2.34. The lowest BCUT2D eigenvalue weighted by Gasteiger charge is -2.19. The highest BCUT2D eigenvalue weighted by atomic mass is 19.4. The lowest BCUT2D eigenvalue weighted by atomic mass is 10.1. The van der Waals surface area contributed by atoms with E-state index in [4.69, 9.17) is 0 Å². The zero-order valence-corrected chi connectivity index (χ0v) is 14.9. The van der Waals surface area contributed by atoms with E-state index in [1.165, 1.54) is 24.3 Å². The zero-order chi connectivity index (χ0) is 20.0. The molecule has 1 N–H and O–H groups in total. The molecule has 0 radical (unpaired) electrons. The molecule has 0 aliphatic rings. The van der Waals surface area contributed by atoms with Crippen LogP contribution in [0.4, 0.5) is 17.6 Å². The molecule has 1 amide bonds. The topological polar surface area (TPSA) is 41.6 Å². The predicted octanol–water partition coefficient (Wildman–Crippen LogP) is 3.78. The molecule has 0 saturated carbocycles. The molecule has 0 bridgehead atoms. The number of benzene rings is 2. The number of para-hydroxylation sites is 1. The largest absolute Gasteiger partial charge is 0.573 e. The number of nitrogens with one attached hydrogen (secondary N) is 1. The second-order valence-electron chi connectivity index (χ2n) is 6.19. The second-order valence-corrected chi connectivity index (χ2v) is 6.19. The van der Waals surface area contributed by atoms with Crippen molar-refractivity contribution in [1.29, 1.82) is 0 Å². The van der Waals surface area contributed by atoms with Crippen molar-refractivity contribution in [2.45, 2.75) is 26.4 Å². The molecule has 2 rings (SSSR count). The number of carbonyl (C=O) groups is 1. The van der Waals surface area contributed by atoms with Gasteiger partial charge in [-0.3, -0.25) is 9.69 Å². The maximum atomic E-state index is 13.5. The predicted molar refractivity (Wildman–Crippen MR) is 92.4 cm³/mol. The number of nitrogens with zero attached hydrogens (tertiary/aromatic N) is 1. The van der Waals surface area contributed by atoms with Gasteiger partial charge >= 0.3 is 6.36 Å². The molecule has 2 aromatic carbocycles. The Hall–Kier alpha value is -2.61. The number of aryl methyl sites for hydroxylation is 1. The van der Waals surface area contributed by atoms with Gasteiger partial charge in [0.1, 0.15) is 11.6 Å². The van der Waals surface area contributed by atoms with Gasteiger partial charge in [0.2, 0.25) is 5.91 Å². The normalized spacial score (nSPS) is 11.5. The average molecular weight is 384 g/mol. The summed E-state index contributed by atoms with van der Waals surface area (Å²) in [4.78, 5) is 13.6. The van der Waals surface area contributed by atoms with E-state index in [0.717, 1.165) is 0 Å². The molecule has 0 atom stereocenters. The summed E-state index contributed by atoms with van der Waals surface area (Å²) in [6.07, 6.45) is -4.78. The average Bonchev–Trinajstić information content (AvgIpc) is 2.56. The minimum atomic E-state index is -4.78. The first-order valence-electron chi connectivity index (χ1n) is 8.18. The van der Waals surface area contributed by atoms with Crippen molar-refractivity contribution in [1.82, 2.24) is 10.2 Å². The van der Waals surface area contributed by atoms with Crippen LogP contribution in [0, 0.1) is 12.7 Å². The van der Waals surface area contributed by atoms with Gasteiger partial charge in [-0.1, -0.05) is 30.3 Å². The Kier molecular flexibility index (Phi) is 6.79. The van der Waals surface area contributed by atoms with Crippen LogP contribution in [-0.4, -0.2) is 30.8 Å². The Balaban J connectivity index is 1.89. The first-order chi connectivity index (χ1) is 12.6. The molecule has 0 unspecified atom stereocenters. The number of rotatable bonds is 7. The van der Waals surface area contributed by atoms with Gasteiger partial charge in [0.15, 0.2) is 0 Å². The third kappa shape index (κ3) is 6.90. The molecule has 0 fully saturated rings. The highest BCUT2D eigenvalue weighted by Crippen LogP contribution is 2.26. The molecule has 0 aliphatic heterocycles. The summed E-state index contributed by atoms with van der Waals surface area (Å²) >= 11 is 0. The number of amides is 1. The van der Waals surface area contributed by atoms with Gasteiger partial charge in [-0.2, -0.15) is 0 Å². The van der Waals surface area contributed by atoms with Crippen LogP contribution in [-0.2, 0) is 17.9 Å². The molecule has 8 heteroatoms. The number of alkyl halides is 3. The maximum absolute atomic E-state index is 13.5. The van der Waals surface area contributed by atoms with Crippen LogP contribution in [0.2, 0.25) is 0 Å². The van der Waals surface area contributed by atoms with E-state index in [0.29, 0.717) is 16.7 Å². The van der Waals surface area contributed by atoms with E-state index in [-0.39, 0.29) is 37.1 Å². The van der Waals surface area contributed by atoms with E-state index in [2.05, 4.69) is 10.1 Å². The van der Waals surface area contributed by atoms with Crippen molar-refractivity contribution in [3.05, 3.63) is 65.0 Å². The van der Waals surface area contributed by atoms with Crippen LogP contribution in [0.3, 0.4) is 0 Å². The maximum Gasteiger partial charge on any atom is 0.573 e. The van der Waals surface area contributed by atoms with E-state index in [9.17, 15) is 22.4 Å². The molecule has 0 aromatic heterocycles. The van der Waals surface area contributed by atoms with E-state index in [1.54, 1.807) is 37.1 Å². The van der Waals surface area contributed by atoms with Gasteiger partial charge < -0.3 is 10.1 Å². The van der Waals surface area contributed by atoms with E-state index < -0.39 is 6.36 Å². The Labute approximate surface area is 154 Å². The lowest BCUT2D eigenvalue weighted by molar-refractivity contribution is -0.275. The minimum absolute atomic E-state index is 0.0330. The third-order valence-electron chi connectivity index (χ3n) is 3.78. The fourth-order valence-corrected chi connectivity index (χ4v) is 2.45. The minimum Gasteiger partial charge on any atom is -0.405 e. The van der Waals surface area contributed by atoms with Crippen molar-refractivity contribution in [2.24, 2.45) is 0 Å². The summed E-state index contributed by atoms with van der Waals surface area (Å²) in [6.45, 7) is 1.87. The molecule has 27 heavy (non-hydrogen) atoms. The molecule has 0 aliphatic carbocycles. The number of likely N-dealkylation sites (N-methyl/N-ethyl adjacent to an activating group) is 1. The van der Waals surface area contributed by atoms with Crippen LogP contribution in [0.5, 0.6) is 5.75 Å². The molecular formula is C19H20F4N2O2. The monoisotopic (exact) mass is 384 g/mol. The number of halogens is 4. The Morgan fingerprint density at radius 3 is 2.56 bits per heavy atom. The molecule has 4 nitrogen and oxygen atoms in total. The van der Waals surface area contributed by atoms with Crippen LogP contribution in [0.1, 0.15) is 16.7 Å². The number of hydrogen-bond acceptors (Lipinski definition) is 3. The van der Waals surface area contributed by atoms with Crippen molar-refractivity contribution in [2.75, 3.05) is 13.6 Å². The molecule has 0 spiro atoms. The van der Waals surface area contributed by atoms with Gasteiger partial charge in [-0.05, 0) is 37.2 Å². The van der Waals surface area contributed by atoms with Crippen molar-refractivity contribution >= 4 is 5.91 Å². The van der Waals surface area contributed by atoms with Crippen LogP contribution in [0.25, 0.3) is 0 Å². The molecule has 0 heterocycles. The quantitative estimate of drug-likeness (QED) is 0.739. The first kappa shape index (κ1) is 20.7. The van der Waals surface area contributed by atoms with Crippen LogP contribution < -0.4 is 10.1 Å². The van der Waals surface area contributed by atoms with Crippen LogP contribution in [0.15, 0.2) is 42.5 Å². The van der Waals surface area contributed by atoms with Gasteiger partial charge in [-0.15, -0.1) is 13.2 Å². The van der Waals surface area contributed by atoms with E-state index >= 15 is 0 Å². The van der Waals surface area contributed by atoms with Crippen molar-refractivity contribution in [3.63, 3.8) is 0 Å². The number of ether oxygens (including phenoxy) is 1. The van der Waals surface area contributed by atoms with E-state index in [1.807, 2.05) is 0 Å². The number of carbonyl (C=O) groups excluding carboxylic acids is 1. The Morgan fingerprint density at radius 2 is 1.89 bits per heavy atom. The fourth-order valence-electron chi connectivity index (χ4n) is 2.45.